The van der Waals surface area contributed by atoms with Gasteiger partial charge in [0, 0.05) is 0 Å². The van der Waals surface area contributed by atoms with Gasteiger partial charge >= 0.3 is 0 Å². The van der Waals surface area contributed by atoms with E-state index in [1.807, 2.05) is 0 Å². The molecule has 56 heavy (non-hydrogen) atoms. The molecule has 0 spiro atoms. The van der Waals surface area contributed by atoms with Gasteiger partial charge in [-0.2, -0.15) is 0 Å². The van der Waals surface area contributed by atoms with Gasteiger partial charge in [0.2, 0.25) is 0 Å². The van der Waals surface area contributed by atoms with Gasteiger partial charge in [0.05, 0.1) is 0 Å². The summed E-state index contributed by atoms with van der Waals surface area (Å²) in [4.78, 5) is 0. The zero-order valence-electron chi connectivity index (χ0n) is 35.0. The van der Waals surface area contributed by atoms with Crippen LogP contribution < -0.4 is 0 Å². The van der Waals surface area contributed by atoms with E-state index in [1.165, 1.54) is 125 Å². The number of benzene rings is 10. The lowest BCUT2D eigenvalue weighted by molar-refractivity contribution is 0.591. The van der Waals surface area contributed by atoms with Crippen molar-refractivity contribution in [3.05, 3.63) is 143 Å². The molecule has 276 valence electrons. The summed E-state index contributed by atoms with van der Waals surface area (Å²) < 4.78 is 0. The normalized spacial score (nSPS) is 13.3. The summed E-state index contributed by atoms with van der Waals surface area (Å²) in [6.45, 7) is 25.5. The van der Waals surface area contributed by atoms with E-state index < -0.39 is 0 Å². The first-order chi connectivity index (χ1) is 26.5. The molecule has 0 N–H and O–H groups in total. The van der Waals surface area contributed by atoms with Crippen LogP contribution in [0.2, 0.25) is 0 Å². The number of aryl methyl sites for hydroxylation is 2. The molecule has 0 aromatic heterocycles. The third-order valence-electron chi connectivity index (χ3n) is 13.0. The van der Waals surface area contributed by atoms with Gasteiger partial charge in [0.25, 0.3) is 0 Å². The summed E-state index contributed by atoms with van der Waals surface area (Å²) >= 11 is 0. The van der Waals surface area contributed by atoms with Crippen molar-refractivity contribution in [2.24, 2.45) is 0 Å². The fraction of sp³-hybridized carbons (Fsp3) is 0.250. The molecule has 10 aromatic carbocycles. The van der Waals surface area contributed by atoms with Crippen molar-refractivity contribution >= 4 is 75.4 Å². The Hall–Kier alpha value is -5.46. The van der Waals surface area contributed by atoms with Gasteiger partial charge in [-0.15, -0.1) is 0 Å². The Morgan fingerprint density at radius 2 is 0.696 bits per heavy atom. The number of fused-ring (bicyclic) bond motifs is 1. The maximum atomic E-state index is 2.48. The van der Waals surface area contributed by atoms with Crippen molar-refractivity contribution in [2.75, 3.05) is 0 Å². The Kier molecular flexibility index (Phi) is 7.21. The summed E-state index contributed by atoms with van der Waals surface area (Å²) in [5.41, 5.74) is 12.1. The van der Waals surface area contributed by atoms with Gasteiger partial charge in [0.1, 0.15) is 0 Å². The lowest BCUT2D eigenvalue weighted by Crippen LogP contribution is -2.12. The van der Waals surface area contributed by atoms with Crippen molar-refractivity contribution in [1.29, 1.82) is 0 Å². The first kappa shape index (κ1) is 35.0. The highest BCUT2D eigenvalue weighted by atomic mass is 14.3. The molecule has 0 radical (unpaired) electrons. The summed E-state index contributed by atoms with van der Waals surface area (Å²) in [6, 6.07) is 45.6. The van der Waals surface area contributed by atoms with Crippen molar-refractivity contribution in [2.45, 2.75) is 92.4 Å². The highest BCUT2D eigenvalue weighted by Crippen LogP contribution is 2.46. The zero-order chi connectivity index (χ0) is 39.2. The molecule has 0 atom stereocenters. The van der Waals surface area contributed by atoms with Gasteiger partial charge in [-0.25, -0.2) is 0 Å². The summed E-state index contributed by atoms with van der Waals surface area (Å²) in [7, 11) is 0. The highest BCUT2D eigenvalue weighted by molar-refractivity contribution is 6.28. The molecular formula is C56H52. The van der Waals surface area contributed by atoms with Gasteiger partial charge in [-0.3, -0.25) is 0 Å². The van der Waals surface area contributed by atoms with Crippen LogP contribution in [0.15, 0.2) is 115 Å². The van der Waals surface area contributed by atoms with E-state index in [2.05, 4.69) is 191 Å². The first-order valence-electron chi connectivity index (χ1n) is 20.5. The maximum Gasteiger partial charge on any atom is -0.00179 e. The van der Waals surface area contributed by atoms with Crippen molar-refractivity contribution in [1.82, 2.24) is 0 Å². The van der Waals surface area contributed by atoms with E-state index in [9.17, 15) is 0 Å². The number of hydrogen-bond acceptors (Lipinski definition) is 0. The molecule has 10 aromatic rings. The van der Waals surface area contributed by atoms with Crippen molar-refractivity contribution in [3.8, 4) is 22.3 Å². The predicted octanol–water partition coefficient (Wildman–Crippen LogP) is 16.5. The molecule has 0 heteroatoms. The van der Waals surface area contributed by atoms with Crippen LogP contribution in [-0.4, -0.2) is 0 Å². The molecular weight excluding hydrogens is 673 g/mol. The Morgan fingerprint density at radius 1 is 0.304 bits per heavy atom. The lowest BCUT2D eigenvalue weighted by Gasteiger charge is -2.25. The molecule has 0 saturated heterocycles. The Morgan fingerprint density at radius 3 is 1.12 bits per heavy atom. The Labute approximate surface area is 331 Å². The molecule has 0 fully saturated rings. The lowest BCUT2D eigenvalue weighted by atomic mass is 9.79. The fourth-order valence-electron chi connectivity index (χ4n) is 9.84. The quantitative estimate of drug-likeness (QED) is 0.156. The largest absolute Gasteiger partial charge is 0.0561 e. The smallest absolute Gasteiger partial charge is 0.00179 e. The monoisotopic (exact) mass is 724 g/mol. The average molecular weight is 725 g/mol. The standard InChI is InChI=1S/C56H52/c1-31-22-47(45-20-15-36-28-40(54(3,4)5)26-34-13-17-42(31)52(45)50(34)36)33-12-19-44-38(24-33)25-39(30-49(44)56(9,10)11)48-23-32(2)43-18-14-35-27-41(55(6,7)8)29-37-16-21-46(48)53(43)51(35)37/h12-30H,1-11H3. The topological polar surface area (TPSA) is 0 Å². The van der Waals surface area contributed by atoms with Crippen LogP contribution in [0.5, 0.6) is 0 Å². The summed E-state index contributed by atoms with van der Waals surface area (Å²) in [5.74, 6) is 0. The molecule has 0 aliphatic rings. The zero-order valence-corrected chi connectivity index (χ0v) is 35.0. The highest BCUT2D eigenvalue weighted by Gasteiger charge is 2.24. The van der Waals surface area contributed by atoms with Gasteiger partial charge in [-0.1, -0.05) is 159 Å². The van der Waals surface area contributed by atoms with Crippen LogP contribution in [0, 0.1) is 13.8 Å². The van der Waals surface area contributed by atoms with Crippen LogP contribution in [0.25, 0.3) is 97.7 Å². The summed E-state index contributed by atoms with van der Waals surface area (Å²) in [6.07, 6.45) is 0. The van der Waals surface area contributed by atoms with E-state index in [0.29, 0.717) is 0 Å². The molecule has 0 saturated carbocycles. The predicted molar refractivity (Wildman–Crippen MR) is 248 cm³/mol. The minimum absolute atomic E-state index is 0.0343. The second-order valence-electron chi connectivity index (χ2n) is 20.0. The molecule has 0 aliphatic heterocycles. The maximum absolute atomic E-state index is 2.48. The van der Waals surface area contributed by atoms with Gasteiger partial charge < -0.3 is 0 Å². The second kappa shape index (κ2) is 11.5. The third kappa shape index (κ3) is 5.18. The molecule has 0 unspecified atom stereocenters. The second-order valence-corrected chi connectivity index (χ2v) is 20.0. The van der Waals surface area contributed by atoms with E-state index in [1.54, 1.807) is 0 Å². The van der Waals surface area contributed by atoms with E-state index in [4.69, 9.17) is 0 Å². The first-order valence-corrected chi connectivity index (χ1v) is 20.5. The molecule has 0 amide bonds. The molecule has 0 aliphatic carbocycles. The van der Waals surface area contributed by atoms with Crippen LogP contribution in [0.3, 0.4) is 0 Å². The number of rotatable bonds is 2. The molecule has 10 rings (SSSR count). The molecule has 0 heterocycles. The number of hydrogen-bond donors (Lipinski definition) is 0. The van der Waals surface area contributed by atoms with Crippen molar-refractivity contribution in [3.63, 3.8) is 0 Å². The fourth-order valence-corrected chi connectivity index (χ4v) is 9.84. The molecule has 0 nitrogen and oxygen atoms in total. The van der Waals surface area contributed by atoms with Gasteiger partial charge in [0.15, 0.2) is 0 Å². The van der Waals surface area contributed by atoms with Crippen LogP contribution in [0.4, 0.5) is 0 Å². The van der Waals surface area contributed by atoms with E-state index >= 15 is 0 Å². The van der Waals surface area contributed by atoms with Crippen molar-refractivity contribution < 1.29 is 0 Å². The van der Waals surface area contributed by atoms with Crippen LogP contribution in [0.1, 0.15) is 90.1 Å². The third-order valence-corrected chi connectivity index (χ3v) is 13.0. The Balaban J connectivity index is 1.22. The van der Waals surface area contributed by atoms with Gasteiger partial charge in [-0.05, 0) is 174 Å². The van der Waals surface area contributed by atoms with E-state index in [0.717, 1.165) is 0 Å². The minimum atomic E-state index is -0.0343. The Bertz CT molecular complexity index is 3190. The van der Waals surface area contributed by atoms with Crippen LogP contribution in [-0.2, 0) is 16.2 Å². The average Bonchev–Trinajstić information content (AvgIpc) is 3.14. The molecule has 0 bridgehead atoms. The van der Waals surface area contributed by atoms with Crippen LogP contribution >= 0.6 is 0 Å². The SMILES string of the molecule is Cc1cc(-c2ccc3c(C(C)(C)C)cc(-c4cc(C)c5ccc6cc(C(C)(C)C)cc7ccc4c5c67)cc3c2)c2ccc3cc(C(C)(C)C)cc4ccc1c2c43. The summed E-state index contributed by atoms with van der Waals surface area (Å²) in [5, 5.41) is 18.9. The minimum Gasteiger partial charge on any atom is -0.0561 e. The van der Waals surface area contributed by atoms with E-state index in [-0.39, 0.29) is 16.2 Å².